The van der Waals surface area contributed by atoms with Gasteiger partial charge in [-0.25, -0.2) is 0 Å². The molecule has 7 nitrogen and oxygen atoms in total. The fourth-order valence-corrected chi connectivity index (χ4v) is 1.86. The van der Waals surface area contributed by atoms with Gasteiger partial charge in [0.1, 0.15) is 17.7 Å². The van der Waals surface area contributed by atoms with Gasteiger partial charge in [-0.1, -0.05) is 0 Å². The van der Waals surface area contributed by atoms with E-state index in [1.807, 2.05) is 0 Å². The van der Waals surface area contributed by atoms with Crippen molar-refractivity contribution in [2.45, 2.75) is 37.5 Å². The van der Waals surface area contributed by atoms with E-state index in [9.17, 15) is 0 Å². The SMILES string of the molecule is N=C(N)C(N)C(N)=NC1CCC(OCCO)C1. The number of nitrogens with zero attached hydrogens (tertiary/aromatic N) is 1. The van der Waals surface area contributed by atoms with Crippen LogP contribution in [0.3, 0.4) is 0 Å². The molecule has 0 aromatic rings. The largest absolute Gasteiger partial charge is 0.394 e. The third-order valence-corrected chi connectivity index (χ3v) is 2.79. The minimum Gasteiger partial charge on any atom is -0.394 e. The van der Waals surface area contributed by atoms with Crippen LogP contribution in [0.2, 0.25) is 0 Å². The van der Waals surface area contributed by atoms with E-state index < -0.39 is 6.04 Å². The molecule has 0 spiro atoms. The van der Waals surface area contributed by atoms with Gasteiger partial charge in [0.2, 0.25) is 0 Å². The number of ether oxygens (including phenoxy) is 1. The Hall–Kier alpha value is -1.18. The van der Waals surface area contributed by atoms with Crippen LogP contribution in [-0.4, -0.2) is 48.2 Å². The van der Waals surface area contributed by atoms with Crippen LogP contribution in [0.5, 0.6) is 0 Å². The predicted molar refractivity (Wildman–Crippen MR) is 66.0 cm³/mol. The second-order valence-corrected chi connectivity index (χ2v) is 4.17. The summed E-state index contributed by atoms with van der Waals surface area (Å²) in [5.41, 5.74) is 16.5. The molecule has 0 aromatic heterocycles. The highest BCUT2D eigenvalue weighted by Crippen LogP contribution is 2.24. The molecule has 0 saturated heterocycles. The second kappa shape index (κ2) is 6.53. The number of hydrogen-bond acceptors (Lipinski definition) is 5. The van der Waals surface area contributed by atoms with Crippen LogP contribution >= 0.6 is 0 Å². The summed E-state index contributed by atoms with van der Waals surface area (Å²) in [5, 5.41) is 15.8. The molecule has 1 aliphatic rings. The maximum Gasteiger partial charge on any atom is 0.120 e. The lowest BCUT2D eigenvalue weighted by molar-refractivity contribution is 0.0324. The molecule has 0 heterocycles. The summed E-state index contributed by atoms with van der Waals surface area (Å²) in [6.45, 7) is 0.380. The van der Waals surface area contributed by atoms with Crippen LogP contribution in [0.25, 0.3) is 0 Å². The van der Waals surface area contributed by atoms with Crippen molar-refractivity contribution in [3.8, 4) is 0 Å². The Bertz CT molecular complexity index is 294. The van der Waals surface area contributed by atoms with Crippen LogP contribution in [-0.2, 0) is 4.74 Å². The fraction of sp³-hybridized carbons (Fsp3) is 0.800. The van der Waals surface area contributed by atoms with Gasteiger partial charge in [-0.05, 0) is 19.3 Å². The van der Waals surface area contributed by atoms with E-state index in [4.69, 9.17) is 32.5 Å². The molecular formula is C10H21N5O2. The Morgan fingerprint density at radius 1 is 1.47 bits per heavy atom. The first-order valence-electron chi connectivity index (χ1n) is 5.69. The Morgan fingerprint density at radius 3 is 2.76 bits per heavy atom. The minimum atomic E-state index is -0.799. The number of rotatable bonds is 6. The summed E-state index contributed by atoms with van der Waals surface area (Å²) in [6, 6.07) is -0.725. The highest BCUT2D eigenvalue weighted by molar-refractivity contribution is 6.06. The van der Waals surface area contributed by atoms with Crippen LogP contribution in [0.4, 0.5) is 0 Å². The summed E-state index contributed by atoms with van der Waals surface area (Å²) >= 11 is 0. The van der Waals surface area contributed by atoms with E-state index in [0.29, 0.717) is 6.61 Å². The lowest BCUT2D eigenvalue weighted by Crippen LogP contribution is -2.47. The van der Waals surface area contributed by atoms with Gasteiger partial charge in [-0.2, -0.15) is 0 Å². The standard InChI is InChI=1S/C10H21N5O2/c11-8(9(12)13)10(14)15-6-1-2-7(5-6)17-4-3-16/h6-8,16H,1-5,11H2,(H3,12,13)(H2,14,15). The molecule has 0 aromatic carbocycles. The Balaban J connectivity index is 2.43. The van der Waals surface area contributed by atoms with Gasteiger partial charge in [0.25, 0.3) is 0 Å². The molecule has 0 aliphatic heterocycles. The average molecular weight is 243 g/mol. The van der Waals surface area contributed by atoms with Gasteiger partial charge in [0.15, 0.2) is 0 Å². The second-order valence-electron chi connectivity index (χ2n) is 4.17. The van der Waals surface area contributed by atoms with E-state index in [1.165, 1.54) is 0 Å². The lowest BCUT2D eigenvalue weighted by Gasteiger charge is -2.12. The van der Waals surface area contributed by atoms with Gasteiger partial charge in [0.05, 0.1) is 25.4 Å². The van der Waals surface area contributed by atoms with Crippen molar-refractivity contribution in [2.24, 2.45) is 22.2 Å². The Morgan fingerprint density at radius 2 is 2.18 bits per heavy atom. The molecule has 8 N–H and O–H groups in total. The molecule has 3 atom stereocenters. The van der Waals surface area contributed by atoms with Gasteiger partial charge in [0, 0.05) is 0 Å². The fourth-order valence-electron chi connectivity index (χ4n) is 1.86. The maximum absolute atomic E-state index is 8.65. The van der Waals surface area contributed by atoms with Crippen molar-refractivity contribution in [1.82, 2.24) is 0 Å². The summed E-state index contributed by atoms with van der Waals surface area (Å²) in [7, 11) is 0. The normalized spacial score (nSPS) is 27.1. The molecule has 1 rings (SSSR count). The van der Waals surface area contributed by atoms with Crippen LogP contribution < -0.4 is 17.2 Å². The summed E-state index contributed by atoms with van der Waals surface area (Å²) < 4.78 is 5.41. The third kappa shape index (κ3) is 4.29. The Kier molecular flexibility index (Phi) is 5.33. The number of aliphatic imine (C=N–C) groups is 1. The lowest BCUT2D eigenvalue weighted by atomic mass is 10.2. The number of amidine groups is 2. The monoisotopic (exact) mass is 243 g/mol. The molecule has 1 fully saturated rings. The number of hydrogen-bond donors (Lipinski definition) is 5. The molecule has 17 heavy (non-hydrogen) atoms. The smallest absolute Gasteiger partial charge is 0.120 e. The first-order chi connectivity index (χ1) is 8.04. The topological polar surface area (TPSA) is 144 Å². The van der Waals surface area contributed by atoms with E-state index in [1.54, 1.807) is 0 Å². The minimum absolute atomic E-state index is 0.0295. The summed E-state index contributed by atoms with van der Waals surface area (Å²) in [6.07, 6.45) is 2.67. The molecule has 0 radical (unpaired) electrons. The quantitative estimate of drug-likeness (QED) is 0.286. The van der Waals surface area contributed by atoms with Gasteiger partial charge < -0.3 is 27.0 Å². The van der Waals surface area contributed by atoms with E-state index in [2.05, 4.69) is 4.99 Å². The van der Waals surface area contributed by atoms with Crippen molar-refractivity contribution in [2.75, 3.05) is 13.2 Å². The van der Waals surface area contributed by atoms with E-state index in [0.717, 1.165) is 19.3 Å². The molecular weight excluding hydrogens is 222 g/mol. The first-order valence-corrected chi connectivity index (χ1v) is 5.69. The van der Waals surface area contributed by atoms with Crippen LogP contribution in [0.15, 0.2) is 4.99 Å². The summed E-state index contributed by atoms with van der Waals surface area (Å²) in [5.74, 6) is 0.0163. The molecule has 3 unspecified atom stereocenters. The zero-order chi connectivity index (χ0) is 12.8. The van der Waals surface area contributed by atoms with E-state index >= 15 is 0 Å². The number of aliphatic hydroxyl groups excluding tert-OH is 1. The van der Waals surface area contributed by atoms with Crippen molar-refractivity contribution in [1.29, 1.82) is 5.41 Å². The highest BCUT2D eigenvalue weighted by Gasteiger charge is 2.25. The van der Waals surface area contributed by atoms with Crippen molar-refractivity contribution >= 4 is 11.7 Å². The van der Waals surface area contributed by atoms with Gasteiger partial charge in [-0.3, -0.25) is 10.4 Å². The zero-order valence-corrected chi connectivity index (χ0v) is 9.80. The van der Waals surface area contributed by atoms with Crippen molar-refractivity contribution in [3.63, 3.8) is 0 Å². The van der Waals surface area contributed by atoms with Crippen molar-refractivity contribution in [3.05, 3.63) is 0 Å². The van der Waals surface area contributed by atoms with E-state index in [-0.39, 0.29) is 30.4 Å². The molecule has 1 aliphatic carbocycles. The average Bonchev–Trinajstić information content (AvgIpc) is 2.72. The first kappa shape index (κ1) is 13.9. The third-order valence-electron chi connectivity index (χ3n) is 2.79. The number of nitrogens with one attached hydrogen (secondary N) is 1. The number of nitrogens with two attached hydrogens (primary N) is 3. The molecule has 0 amide bonds. The molecule has 1 saturated carbocycles. The zero-order valence-electron chi connectivity index (χ0n) is 9.80. The summed E-state index contributed by atoms with van der Waals surface area (Å²) in [4.78, 5) is 4.26. The van der Waals surface area contributed by atoms with Gasteiger partial charge >= 0.3 is 0 Å². The van der Waals surface area contributed by atoms with Crippen LogP contribution in [0.1, 0.15) is 19.3 Å². The predicted octanol–water partition coefficient (Wildman–Crippen LogP) is -1.46. The highest BCUT2D eigenvalue weighted by atomic mass is 16.5. The molecule has 0 bridgehead atoms. The maximum atomic E-state index is 8.65. The Labute approximate surface area is 101 Å². The van der Waals surface area contributed by atoms with Crippen molar-refractivity contribution < 1.29 is 9.84 Å². The molecule has 98 valence electrons. The number of aliphatic hydroxyl groups is 1. The van der Waals surface area contributed by atoms with Crippen LogP contribution in [0, 0.1) is 5.41 Å². The molecule has 7 heteroatoms. The van der Waals surface area contributed by atoms with Gasteiger partial charge in [-0.15, -0.1) is 0 Å².